The maximum absolute atomic E-state index is 12.7. The van der Waals surface area contributed by atoms with Gasteiger partial charge in [-0.2, -0.15) is 0 Å². The first-order valence-corrected chi connectivity index (χ1v) is 9.14. The summed E-state index contributed by atoms with van der Waals surface area (Å²) >= 11 is 0. The van der Waals surface area contributed by atoms with Gasteiger partial charge in [-0.3, -0.25) is 4.79 Å². The maximum atomic E-state index is 12.7. The van der Waals surface area contributed by atoms with Gasteiger partial charge in [-0.15, -0.1) is 0 Å². The second-order valence-electron chi connectivity index (χ2n) is 6.79. The Labute approximate surface area is 163 Å². The van der Waals surface area contributed by atoms with E-state index in [1.54, 1.807) is 29.2 Å². The Morgan fingerprint density at radius 1 is 1.14 bits per heavy atom. The number of amides is 1. The molecule has 0 fully saturated rings. The minimum Gasteiger partial charge on any atom is -0.484 e. The van der Waals surface area contributed by atoms with E-state index in [4.69, 9.17) is 9.15 Å². The zero-order valence-electron chi connectivity index (χ0n) is 15.7. The molecule has 0 spiro atoms. The summed E-state index contributed by atoms with van der Waals surface area (Å²) in [5, 5.41) is 10.1. The fraction of sp³-hybridized carbons (Fsp3) is 0.273. The SMILES string of the molecule is C[C@H](CO)CN(Cc1ccccc1)C(=O)COc1ccc2ccc(=O)oc2c1. The predicted octanol–water partition coefficient (Wildman–Crippen LogP) is 2.83. The highest BCUT2D eigenvalue weighted by atomic mass is 16.5. The first kappa shape index (κ1) is 19.6. The van der Waals surface area contributed by atoms with Crippen LogP contribution < -0.4 is 10.4 Å². The van der Waals surface area contributed by atoms with Crippen molar-refractivity contribution in [1.29, 1.82) is 0 Å². The molecule has 1 aromatic heterocycles. The molecule has 3 aromatic rings. The molecule has 1 amide bonds. The lowest BCUT2D eigenvalue weighted by atomic mass is 10.1. The van der Waals surface area contributed by atoms with Gasteiger partial charge in [0.15, 0.2) is 6.61 Å². The van der Waals surface area contributed by atoms with Gasteiger partial charge in [-0.1, -0.05) is 37.3 Å². The number of carbonyl (C=O) groups excluding carboxylic acids is 1. The number of aliphatic hydroxyl groups is 1. The molecular weight excluding hydrogens is 358 g/mol. The zero-order valence-corrected chi connectivity index (χ0v) is 15.7. The maximum Gasteiger partial charge on any atom is 0.336 e. The Hall–Kier alpha value is -3.12. The minimum atomic E-state index is -0.437. The van der Waals surface area contributed by atoms with Crippen molar-refractivity contribution in [2.24, 2.45) is 5.92 Å². The summed E-state index contributed by atoms with van der Waals surface area (Å²) in [4.78, 5) is 25.8. The molecule has 28 heavy (non-hydrogen) atoms. The Kier molecular flexibility index (Phi) is 6.45. The molecule has 0 saturated heterocycles. The van der Waals surface area contributed by atoms with Gasteiger partial charge in [0.2, 0.25) is 0 Å². The average molecular weight is 381 g/mol. The van der Waals surface area contributed by atoms with Crippen LogP contribution in [-0.4, -0.2) is 35.7 Å². The highest BCUT2D eigenvalue weighted by Crippen LogP contribution is 2.19. The third kappa shape index (κ3) is 5.20. The number of benzene rings is 2. The molecule has 1 heterocycles. The molecule has 0 aliphatic rings. The molecule has 0 unspecified atom stereocenters. The van der Waals surface area contributed by atoms with Gasteiger partial charge < -0.3 is 19.2 Å². The summed E-state index contributed by atoms with van der Waals surface area (Å²) in [6.07, 6.45) is 0. The van der Waals surface area contributed by atoms with Crippen molar-refractivity contribution in [2.75, 3.05) is 19.8 Å². The molecule has 6 nitrogen and oxygen atoms in total. The first-order chi connectivity index (χ1) is 13.5. The molecule has 1 atom stereocenters. The van der Waals surface area contributed by atoms with Gasteiger partial charge in [0.25, 0.3) is 5.91 Å². The van der Waals surface area contributed by atoms with Crippen molar-refractivity contribution in [1.82, 2.24) is 4.90 Å². The molecule has 146 valence electrons. The van der Waals surface area contributed by atoms with Crippen LogP contribution in [0.2, 0.25) is 0 Å². The number of carbonyl (C=O) groups is 1. The van der Waals surface area contributed by atoms with Crippen LogP contribution in [0.25, 0.3) is 11.0 Å². The molecule has 0 radical (unpaired) electrons. The molecule has 0 aliphatic carbocycles. The molecule has 0 saturated carbocycles. The van der Waals surface area contributed by atoms with E-state index < -0.39 is 5.63 Å². The van der Waals surface area contributed by atoms with Gasteiger partial charge in [0.1, 0.15) is 11.3 Å². The van der Waals surface area contributed by atoms with Gasteiger partial charge in [0.05, 0.1) is 0 Å². The van der Waals surface area contributed by atoms with Crippen LogP contribution in [0, 0.1) is 5.92 Å². The van der Waals surface area contributed by atoms with Crippen molar-refractivity contribution in [2.45, 2.75) is 13.5 Å². The van der Waals surface area contributed by atoms with Gasteiger partial charge >= 0.3 is 5.63 Å². The number of hydrogen-bond donors (Lipinski definition) is 1. The van der Waals surface area contributed by atoms with E-state index in [1.165, 1.54) is 6.07 Å². The molecule has 0 aliphatic heterocycles. The van der Waals surface area contributed by atoms with Crippen LogP contribution >= 0.6 is 0 Å². The Bertz CT molecular complexity index is 983. The Balaban J connectivity index is 1.69. The normalized spacial score (nSPS) is 11.9. The molecule has 1 N–H and O–H groups in total. The van der Waals surface area contributed by atoms with Crippen LogP contribution in [0.15, 0.2) is 69.9 Å². The Morgan fingerprint density at radius 3 is 2.64 bits per heavy atom. The third-order valence-corrected chi connectivity index (χ3v) is 4.37. The average Bonchev–Trinajstić information content (AvgIpc) is 2.71. The fourth-order valence-electron chi connectivity index (χ4n) is 2.86. The van der Waals surface area contributed by atoms with Crippen molar-refractivity contribution in [3.05, 3.63) is 76.6 Å². The lowest BCUT2D eigenvalue weighted by Gasteiger charge is -2.25. The topological polar surface area (TPSA) is 80.0 Å². The predicted molar refractivity (Wildman–Crippen MR) is 106 cm³/mol. The summed E-state index contributed by atoms with van der Waals surface area (Å²) in [5.74, 6) is 0.228. The molecule has 6 heteroatoms. The van der Waals surface area contributed by atoms with Crippen LogP contribution in [0.5, 0.6) is 5.75 Å². The summed E-state index contributed by atoms with van der Waals surface area (Å²) in [6, 6.07) is 17.8. The highest BCUT2D eigenvalue weighted by molar-refractivity contribution is 5.79. The van der Waals surface area contributed by atoms with Crippen LogP contribution in [0.3, 0.4) is 0 Å². The summed E-state index contributed by atoms with van der Waals surface area (Å²) in [6.45, 7) is 2.62. The largest absolute Gasteiger partial charge is 0.484 e. The van der Waals surface area contributed by atoms with E-state index in [9.17, 15) is 14.7 Å². The standard InChI is InChI=1S/C22H23NO5/c1-16(14-24)12-23(13-17-5-3-2-4-6-17)21(25)15-27-19-9-7-18-8-10-22(26)28-20(18)11-19/h2-11,16,24H,12-15H2,1H3/t16-/m0/s1. The molecular formula is C22H23NO5. The molecule has 0 bridgehead atoms. The second kappa shape index (κ2) is 9.19. The van der Waals surface area contributed by atoms with E-state index in [1.807, 2.05) is 37.3 Å². The van der Waals surface area contributed by atoms with Crippen LogP contribution in [0.1, 0.15) is 12.5 Å². The van der Waals surface area contributed by atoms with E-state index in [0.29, 0.717) is 24.4 Å². The Morgan fingerprint density at radius 2 is 1.89 bits per heavy atom. The van der Waals surface area contributed by atoms with Gasteiger partial charge in [0, 0.05) is 37.2 Å². The lowest BCUT2D eigenvalue weighted by Crippen LogP contribution is -2.38. The fourth-order valence-corrected chi connectivity index (χ4v) is 2.86. The number of rotatable bonds is 8. The van der Waals surface area contributed by atoms with Gasteiger partial charge in [-0.25, -0.2) is 4.79 Å². The van der Waals surface area contributed by atoms with Crippen molar-refractivity contribution >= 4 is 16.9 Å². The monoisotopic (exact) mass is 381 g/mol. The highest BCUT2D eigenvalue weighted by Gasteiger charge is 2.17. The van der Waals surface area contributed by atoms with Crippen LogP contribution in [-0.2, 0) is 11.3 Å². The summed E-state index contributed by atoms with van der Waals surface area (Å²) in [7, 11) is 0. The van der Waals surface area contributed by atoms with Gasteiger partial charge in [-0.05, 0) is 29.7 Å². The van der Waals surface area contributed by atoms with Crippen molar-refractivity contribution in [3.63, 3.8) is 0 Å². The third-order valence-electron chi connectivity index (χ3n) is 4.37. The van der Waals surface area contributed by atoms with E-state index in [2.05, 4.69) is 0 Å². The van der Waals surface area contributed by atoms with Crippen molar-refractivity contribution < 1.29 is 19.1 Å². The zero-order chi connectivity index (χ0) is 19.9. The molecule has 2 aromatic carbocycles. The number of fused-ring (bicyclic) bond motifs is 1. The number of hydrogen-bond acceptors (Lipinski definition) is 5. The quantitative estimate of drug-likeness (QED) is 0.607. The van der Waals surface area contributed by atoms with Crippen molar-refractivity contribution in [3.8, 4) is 5.75 Å². The number of ether oxygens (including phenoxy) is 1. The van der Waals surface area contributed by atoms with E-state index in [-0.39, 0.29) is 25.0 Å². The number of nitrogens with zero attached hydrogens (tertiary/aromatic N) is 1. The first-order valence-electron chi connectivity index (χ1n) is 9.14. The second-order valence-corrected chi connectivity index (χ2v) is 6.79. The minimum absolute atomic E-state index is 0.00311. The van der Waals surface area contributed by atoms with E-state index in [0.717, 1.165) is 10.9 Å². The smallest absolute Gasteiger partial charge is 0.336 e. The lowest BCUT2D eigenvalue weighted by molar-refractivity contribution is -0.134. The summed E-state index contributed by atoms with van der Waals surface area (Å²) in [5.41, 5.74) is 0.980. The molecule has 3 rings (SSSR count). The number of aliphatic hydroxyl groups excluding tert-OH is 1. The van der Waals surface area contributed by atoms with E-state index >= 15 is 0 Å². The summed E-state index contributed by atoms with van der Waals surface area (Å²) < 4.78 is 10.8. The van der Waals surface area contributed by atoms with Crippen LogP contribution in [0.4, 0.5) is 0 Å².